The minimum atomic E-state index is -0.369. The van der Waals surface area contributed by atoms with E-state index in [9.17, 15) is 4.79 Å². The zero-order valence-corrected chi connectivity index (χ0v) is 8.66. The summed E-state index contributed by atoms with van der Waals surface area (Å²) in [7, 11) is 0. The molecule has 1 rings (SSSR count). The molecule has 2 heteroatoms. The minimum absolute atomic E-state index is 0.133. The van der Waals surface area contributed by atoms with E-state index in [1.807, 2.05) is 18.2 Å². The Balaban J connectivity index is 2.78. The van der Waals surface area contributed by atoms with Crippen molar-refractivity contribution in [3.63, 3.8) is 0 Å². The van der Waals surface area contributed by atoms with Gasteiger partial charge >= 0.3 is 0 Å². The molecule has 76 valence electrons. The first-order valence-corrected chi connectivity index (χ1v) is 4.85. The molecule has 0 saturated carbocycles. The molecule has 0 heterocycles. The van der Waals surface area contributed by atoms with Gasteiger partial charge in [-0.05, 0) is 17.0 Å². The van der Waals surface area contributed by atoms with Crippen LogP contribution in [-0.4, -0.2) is 17.5 Å². The summed E-state index contributed by atoms with van der Waals surface area (Å²) >= 11 is 0. The topological polar surface area (TPSA) is 37.3 Å². The third kappa shape index (κ3) is 2.96. The van der Waals surface area contributed by atoms with Crippen LogP contribution in [0.25, 0.3) is 0 Å². The fraction of sp³-hybridized carbons (Fsp3) is 0.417. The van der Waals surface area contributed by atoms with E-state index in [4.69, 9.17) is 5.11 Å². The Labute approximate surface area is 84.6 Å². The Bertz CT molecular complexity index is 316. The molecule has 0 spiro atoms. The number of aliphatic hydroxyl groups is 1. The van der Waals surface area contributed by atoms with Crippen LogP contribution < -0.4 is 0 Å². The molecule has 1 N–H and O–H groups in total. The van der Waals surface area contributed by atoms with Crippen molar-refractivity contribution >= 4 is 5.78 Å². The second kappa shape index (κ2) is 4.91. The van der Waals surface area contributed by atoms with Crippen molar-refractivity contribution in [2.24, 2.45) is 0 Å². The number of carbonyl (C=O) groups is 1. The lowest BCUT2D eigenvalue weighted by Crippen LogP contribution is -2.07. The monoisotopic (exact) mass is 192 g/mol. The third-order valence-electron chi connectivity index (χ3n) is 2.20. The number of aliphatic hydroxyl groups excluding tert-OH is 1. The number of Topliss-reactive ketones (excluding diaryl/α,β-unsaturated/α-hetero) is 1. The normalized spacial score (nSPS) is 10.6. The quantitative estimate of drug-likeness (QED) is 0.791. The number of hydrogen-bond acceptors (Lipinski definition) is 2. The maximum absolute atomic E-state index is 11.0. The molecule has 0 unspecified atom stereocenters. The molecule has 0 amide bonds. The zero-order chi connectivity index (χ0) is 10.6. The molecule has 0 aliphatic heterocycles. The zero-order valence-electron chi connectivity index (χ0n) is 8.66. The highest BCUT2D eigenvalue weighted by Gasteiger charge is 2.04. The fourth-order valence-electron chi connectivity index (χ4n) is 1.35. The number of ketones is 1. The van der Waals surface area contributed by atoms with E-state index in [0.717, 1.165) is 5.56 Å². The molecule has 0 atom stereocenters. The van der Waals surface area contributed by atoms with Gasteiger partial charge in [-0.3, -0.25) is 4.79 Å². The fourth-order valence-corrected chi connectivity index (χ4v) is 1.35. The highest BCUT2D eigenvalue weighted by atomic mass is 16.3. The smallest absolute Gasteiger partial charge is 0.162 e. The van der Waals surface area contributed by atoms with Gasteiger partial charge in [-0.25, -0.2) is 0 Å². The van der Waals surface area contributed by atoms with Gasteiger partial charge in [0.2, 0.25) is 0 Å². The first-order valence-electron chi connectivity index (χ1n) is 4.85. The lowest BCUT2D eigenvalue weighted by atomic mass is 9.99. The van der Waals surface area contributed by atoms with Crippen LogP contribution in [0.5, 0.6) is 0 Å². The molecule has 0 saturated heterocycles. The predicted octanol–water partition coefficient (Wildman–Crippen LogP) is 1.91. The Kier molecular flexibility index (Phi) is 3.84. The summed E-state index contributed by atoms with van der Waals surface area (Å²) in [6.45, 7) is 3.87. The molecule has 0 bridgehead atoms. The molecule has 14 heavy (non-hydrogen) atoms. The van der Waals surface area contributed by atoms with Gasteiger partial charge in [-0.15, -0.1) is 0 Å². The Morgan fingerprint density at radius 2 is 2.14 bits per heavy atom. The summed E-state index contributed by atoms with van der Waals surface area (Å²) in [5, 5.41) is 8.63. The lowest BCUT2D eigenvalue weighted by Gasteiger charge is -2.07. The second-order valence-corrected chi connectivity index (χ2v) is 3.77. The molecule has 0 aromatic heterocycles. The average molecular weight is 192 g/mol. The van der Waals surface area contributed by atoms with Crippen molar-refractivity contribution in [2.45, 2.75) is 26.2 Å². The SMILES string of the molecule is CC(C)c1cccc(CC(=O)CO)c1. The van der Waals surface area contributed by atoms with Gasteiger partial charge in [0.15, 0.2) is 5.78 Å². The van der Waals surface area contributed by atoms with Crippen LogP contribution in [0.3, 0.4) is 0 Å². The van der Waals surface area contributed by atoms with Gasteiger partial charge in [0, 0.05) is 6.42 Å². The summed E-state index contributed by atoms with van der Waals surface area (Å²) in [6, 6.07) is 7.95. The van der Waals surface area contributed by atoms with Crippen molar-refractivity contribution in [1.82, 2.24) is 0 Å². The van der Waals surface area contributed by atoms with Gasteiger partial charge < -0.3 is 5.11 Å². The van der Waals surface area contributed by atoms with E-state index in [-0.39, 0.29) is 12.4 Å². The van der Waals surface area contributed by atoms with Gasteiger partial charge in [0.25, 0.3) is 0 Å². The average Bonchev–Trinajstić information content (AvgIpc) is 2.18. The van der Waals surface area contributed by atoms with E-state index in [2.05, 4.69) is 19.9 Å². The summed E-state index contributed by atoms with van der Waals surface area (Å²) < 4.78 is 0. The molecule has 0 aliphatic rings. The minimum Gasteiger partial charge on any atom is -0.389 e. The number of rotatable bonds is 4. The summed E-state index contributed by atoms with van der Waals surface area (Å²) in [5.74, 6) is 0.338. The van der Waals surface area contributed by atoms with Crippen molar-refractivity contribution in [3.05, 3.63) is 35.4 Å². The highest BCUT2D eigenvalue weighted by molar-refractivity contribution is 5.81. The molecule has 2 nitrogen and oxygen atoms in total. The molecular formula is C12H16O2. The second-order valence-electron chi connectivity index (χ2n) is 3.77. The van der Waals surface area contributed by atoms with Gasteiger partial charge in [0.05, 0.1) is 0 Å². The van der Waals surface area contributed by atoms with Crippen molar-refractivity contribution in [2.75, 3.05) is 6.61 Å². The van der Waals surface area contributed by atoms with Crippen LogP contribution in [0.1, 0.15) is 30.9 Å². The van der Waals surface area contributed by atoms with Gasteiger partial charge in [0.1, 0.15) is 6.61 Å². The highest BCUT2D eigenvalue weighted by Crippen LogP contribution is 2.15. The van der Waals surface area contributed by atoms with E-state index < -0.39 is 0 Å². The van der Waals surface area contributed by atoms with Crippen molar-refractivity contribution in [3.8, 4) is 0 Å². The summed E-state index contributed by atoms with van der Waals surface area (Å²) in [4.78, 5) is 11.0. The number of carbonyl (C=O) groups excluding carboxylic acids is 1. The molecule has 1 aromatic rings. The lowest BCUT2D eigenvalue weighted by molar-refractivity contribution is -0.121. The maximum Gasteiger partial charge on any atom is 0.162 e. The van der Waals surface area contributed by atoms with Crippen LogP contribution >= 0.6 is 0 Å². The van der Waals surface area contributed by atoms with Crippen LogP contribution in [0.2, 0.25) is 0 Å². The van der Waals surface area contributed by atoms with Crippen LogP contribution in [0, 0.1) is 0 Å². The molecular weight excluding hydrogens is 176 g/mol. The number of hydrogen-bond donors (Lipinski definition) is 1. The van der Waals surface area contributed by atoms with Gasteiger partial charge in [-0.1, -0.05) is 38.1 Å². The summed E-state index contributed by atoms with van der Waals surface area (Å²) in [5.41, 5.74) is 2.21. The van der Waals surface area contributed by atoms with Crippen LogP contribution in [-0.2, 0) is 11.2 Å². The standard InChI is InChI=1S/C12H16O2/c1-9(2)11-5-3-4-10(6-11)7-12(14)8-13/h3-6,9,13H,7-8H2,1-2H3. The first kappa shape index (κ1) is 10.9. The molecule has 0 fully saturated rings. The van der Waals surface area contributed by atoms with Gasteiger partial charge in [-0.2, -0.15) is 0 Å². The maximum atomic E-state index is 11.0. The van der Waals surface area contributed by atoms with E-state index >= 15 is 0 Å². The summed E-state index contributed by atoms with van der Waals surface area (Å²) in [6.07, 6.45) is 0.330. The van der Waals surface area contributed by atoms with E-state index in [1.165, 1.54) is 5.56 Å². The van der Waals surface area contributed by atoms with E-state index in [1.54, 1.807) is 0 Å². The Morgan fingerprint density at radius 3 is 2.71 bits per heavy atom. The third-order valence-corrected chi connectivity index (χ3v) is 2.20. The van der Waals surface area contributed by atoms with Crippen LogP contribution in [0.4, 0.5) is 0 Å². The predicted molar refractivity (Wildman–Crippen MR) is 56.3 cm³/mol. The first-order chi connectivity index (χ1) is 6.63. The largest absolute Gasteiger partial charge is 0.389 e. The van der Waals surface area contributed by atoms with E-state index in [0.29, 0.717) is 12.3 Å². The molecule has 0 aliphatic carbocycles. The molecule has 0 radical (unpaired) electrons. The Hall–Kier alpha value is -1.15. The molecule has 1 aromatic carbocycles. The van der Waals surface area contributed by atoms with Crippen molar-refractivity contribution in [1.29, 1.82) is 0 Å². The van der Waals surface area contributed by atoms with Crippen molar-refractivity contribution < 1.29 is 9.90 Å². The Morgan fingerprint density at radius 1 is 1.43 bits per heavy atom. The van der Waals surface area contributed by atoms with Crippen LogP contribution in [0.15, 0.2) is 24.3 Å². The number of benzene rings is 1.